The van der Waals surface area contributed by atoms with Gasteiger partial charge in [-0.1, -0.05) is 24.6 Å². The molecule has 0 spiro atoms. The van der Waals surface area contributed by atoms with E-state index in [9.17, 15) is 9.59 Å². The van der Waals surface area contributed by atoms with Crippen molar-refractivity contribution in [1.82, 2.24) is 4.84 Å². The van der Waals surface area contributed by atoms with E-state index in [0.29, 0.717) is 17.6 Å². The van der Waals surface area contributed by atoms with Crippen LogP contribution in [0.25, 0.3) is 0 Å². The summed E-state index contributed by atoms with van der Waals surface area (Å²) in [6.07, 6.45) is 11.1. The number of hydrogen-bond acceptors (Lipinski definition) is 5. The number of allylic oxidation sites excluding steroid dienone is 2. The Labute approximate surface area is 185 Å². The van der Waals surface area contributed by atoms with Gasteiger partial charge in [0.1, 0.15) is 11.8 Å². The largest absolute Gasteiger partial charge is 0.352 e. The molecule has 0 amide bonds. The SMILES string of the molecule is CC(=O)[C@H]1CCC2C3CCC4=C/C(=N/OC(=O)C(C)NCl)CC[C@]4(C)C3CC[C@@]21C. The van der Waals surface area contributed by atoms with Crippen LogP contribution in [0.1, 0.15) is 79.1 Å². The maximum atomic E-state index is 12.3. The van der Waals surface area contributed by atoms with Gasteiger partial charge in [-0.25, -0.2) is 9.63 Å². The van der Waals surface area contributed by atoms with Gasteiger partial charge in [0, 0.05) is 5.92 Å². The maximum absolute atomic E-state index is 12.3. The molecule has 4 aliphatic rings. The second-order valence-corrected chi connectivity index (χ2v) is 10.8. The van der Waals surface area contributed by atoms with Crippen LogP contribution in [-0.4, -0.2) is 23.5 Å². The summed E-state index contributed by atoms with van der Waals surface area (Å²) in [5.74, 6) is 2.28. The zero-order valence-electron chi connectivity index (χ0n) is 18.7. The molecule has 6 heteroatoms. The Bertz CT molecular complexity index is 793. The van der Waals surface area contributed by atoms with Crippen LogP contribution in [0.5, 0.6) is 0 Å². The Morgan fingerprint density at radius 3 is 2.63 bits per heavy atom. The first-order valence-corrected chi connectivity index (χ1v) is 11.9. The van der Waals surface area contributed by atoms with Gasteiger partial charge in [-0.15, -0.1) is 0 Å². The van der Waals surface area contributed by atoms with E-state index in [1.54, 1.807) is 13.8 Å². The topological polar surface area (TPSA) is 67.8 Å². The number of hydrogen-bond donors (Lipinski definition) is 1. The van der Waals surface area contributed by atoms with Crippen molar-refractivity contribution in [3.63, 3.8) is 0 Å². The van der Waals surface area contributed by atoms with Gasteiger partial charge in [-0.2, -0.15) is 0 Å². The summed E-state index contributed by atoms with van der Waals surface area (Å²) in [6.45, 7) is 8.28. The van der Waals surface area contributed by atoms with Gasteiger partial charge >= 0.3 is 5.97 Å². The number of carbonyl (C=O) groups is 2. The smallest absolute Gasteiger partial charge is 0.316 e. The summed E-state index contributed by atoms with van der Waals surface area (Å²) in [5, 5.41) is 4.13. The number of Topliss-reactive ketones (excluding diaryl/α,β-unsaturated/α-hetero) is 1. The van der Waals surface area contributed by atoms with Gasteiger partial charge < -0.3 is 4.84 Å². The third-order valence-corrected chi connectivity index (χ3v) is 9.57. The van der Waals surface area contributed by atoms with Gasteiger partial charge in [0.25, 0.3) is 0 Å². The van der Waals surface area contributed by atoms with E-state index in [1.165, 1.54) is 31.3 Å². The summed E-state index contributed by atoms with van der Waals surface area (Å²) in [6, 6.07) is -0.588. The molecule has 30 heavy (non-hydrogen) atoms. The highest BCUT2D eigenvalue weighted by Gasteiger charge is 2.59. The molecule has 0 aromatic heterocycles. The molecule has 0 aromatic carbocycles. The highest BCUT2D eigenvalue weighted by Crippen LogP contribution is 2.66. The lowest BCUT2D eigenvalue weighted by Crippen LogP contribution is -2.51. The molecule has 0 bridgehead atoms. The minimum Gasteiger partial charge on any atom is -0.316 e. The van der Waals surface area contributed by atoms with Gasteiger partial charge in [0.05, 0.1) is 5.71 Å². The Morgan fingerprint density at radius 1 is 1.17 bits per heavy atom. The zero-order valence-corrected chi connectivity index (χ0v) is 19.4. The Balaban J connectivity index is 1.52. The minimum absolute atomic E-state index is 0.201. The Morgan fingerprint density at radius 2 is 1.93 bits per heavy atom. The molecule has 0 heterocycles. The van der Waals surface area contributed by atoms with E-state index in [1.807, 2.05) is 0 Å². The number of ketones is 1. The fraction of sp³-hybridized carbons (Fsp3) is 0.792. The van der Waals surface area contributed by atoms with Crippen LogP contribution in [0, 0.1) is 34.5 Å². The average Bonchev–Trinajstić information content (AvgIpc) is 3.08. The molecule has 4 aliphatic carbocycles. The van der Waals surface area contributed by atoms with Crippen molar-refractivity contribution >= 4 is 29.2 Å². The molecule has 7 atom stereocenters. The molecule has 0 saturated heterocycles. The van der Waals surface area contributed by atoms with Crippen LogP contribution in [0.3, 0.4) is 0 Å². The predicted molar refractivity (Wildman–Crippen MR) is 118 cm³/mol. The Hall–Kier alpha value is -1.20. The van der Waals surface area contributed by atoms with Crippen molar-refractivity contribution in [3.05, 3.63) is 11.6 Å². The van der Waals surface area contributed by atoms with Crippen LogP contribution < -0.4 is 4.84 Å². The van der Waals surface area contributed by atoms with E-state index in [4.69, 9.17) is 16.6 Å². The van der Waals surface area contributed by atoms with Crippen molar-refractivity contribution in [2.24, 2.45) is 39.7 Å². The molecule has 5 nitrogen and oxygen atoms in total. The van der Waals surface area contributed by atoms with Crippen molar-refractivity contribution in [1.29, 1.82) is 0 Å². The molecule has 0 aromatic rings. The van der Waals surface area contributed by atoms with E-state index >= 15 is 0 Å². The third-order valence-electron chi connectivity index (χ3n) is 9.24. The van der Waals surface area contributed by atoms with E-state index < -0.39 is 12.0 Å². The van der Waals surface area contributed by atoms with E-state index in [2.05, 4.69) is 29.9 Å². The van der Waals surface area contributed by atoms with E-state index in [0.717, 1.165) is 37.3 Å². The summed E-state index contributed by atoms with van der Waals surface area (Å²) in [5.41, 5.74) is 2.73. The number of nitrogens with one attached hydrogen (secondary N) is 1. The molecule has 4 unspecified atom stereocenters. The first kappa shape index (κ1) is 22.0. The van der Waals surface area contributed by atoms with Gasteiger partial charge in [0.2, 0.25) is 0 Å². The molecule has 166 valence electrons. The lowest BCUT2D eigenvalue weighted by Gasteiger charge is -2.58. The summed E-state index contributed by atoms with van der Waals surface area (Å²) in [7, 11) is 0. The maximum Gasteiger partial charge on any atom is 0.352 e. The lowest BCUT2D eigenvalue weighted by atomic mass is 9.46. The fourth-order valence-electron chi connectivity index (χ4n) is 7.54. The highest BCUT2D eigenvalue weighted by atomic mass is 35.5. The van der Waals surface area contributed by atoms with Crippen LogP contribution in [0.4, 0.5) is 0 Å². The summed E-state index contributed by atoms with van der Waals surface area (Å²) < 4.78 is 0. The quantitative estimate of drug-likeness (QED) is 0.375. The summed E-state index contributed by atoms with van der Waals surface area (Å²) >= 11 is 5.49. The monoisotopic (exact) mass is 434 g/mol. The van der Waals surface area contributed by atoms with Gasteiger partial charge in [0.15, 0.2) is 0 Å². The normalized spacial score (nSPS) is 42.6. The lowest BCUT2D eigenvalue weighted by molar-refractivity contribution is -0.145. The number of halogens is 1. The second-order valence-electron chi connectivity index (χ2n) is 10.6. The first-order chi connectivity index (χ1) is 14.2. The van der Waals surface area contributed by atoms with Crippen LogP contribution in [0.15, 0.2) is 16.8 Å². The third kappa shape index (κ3) is 3.46. The number of rotatable bonds is 4. The predicted octanol–water partition coefficient (Wildman–Crippen LogP) is 5.19. The van der Waals surface area contributed by atoms with Crippen LogP contribution in [-0.2, 0) is 14.4 Å². The first-order valence-electron chi connectivity index (χ1n) is 11.6. The zero-order chi connectivity index (χ0) is 21.7. The molecular weight excluding hydrogens is 400 g/mol. The number of oxime groups is 1. The van der Waals surface area contributed by atoms with Crippen LogP contribution >= 0.6 is 11.8 Å². The van der Waals surface area contributed by atoms with Crippen molar-refractivity contribution in [2.45, 2.75) is 85.1 Å². The Kier molecular flexibility index (Phi) is 5.91. The van der Waals surface area contributed by atoms with Crippen LogP contribution in [0.2, 0.25) is 0 Å². The van der Waals surface area contributed by atoms with Crippen molar-refractivity contribution < 1.29 is 14.4 Å². The molecule has 0 radical (unpaired) electrons. The molecule has 0 aliphatic heterocycles. The molecule has 3 fully saturated rings. The highest BCUT2D eigenvalue weighted by molar-refractivity contribution is 6.14. The van der Waals surface area contributed by atoms with Gasteiger partial charge in [-0.05, 0) is 112 Å². The fourth-order valence-corrected chi connectivity index (χ4v) is 7.63. The minimum atomic E-state index is -0.588. The second kappa shape index (κ2) is 8.05. The molecular formula is C24H35ClN2O3. The van der Waals surface area contributed by atoms with Gasteiger partial charge in [-0.3, -0.25) is 4.79 Å². The number of nitrogens with zero attached hydrogens (tertiary/aromatic N) is 1. The molecule has 3 saturated carbocycles. The standard InChI is InChI=1S/C24H35ClN2O3/c1-14(26-25)22(29)30-27-17-9-11-23(3)16(13-17)5-6-18-20-8-7-19(15(2)28)24(20,4)12-10-21(18)23/h13-14,18-21,26H,5-12H2,1-4H3/b27-17+/t14?,18?,19-,20?,21?,23+,24-/m1/s1. The van der Waals surface area contributed by atoms with Crippen molar-refractivity contribution in [3.8, 4) is 0 Å². The number of carbonyl (C=O) groups excluding carboxylic acids is 2. The molecule has 4 rings (SSSR count). The summed E-state index contributed by atoms with van der Waals surface area (Å²) in [4.78, 5) is 31.6. The van der Waals surface area contributed by atoms with E-state index in [-0.39, 0.29) is 16.7 Å². The van der Waals surface area contributed by atoms with Crippen molar-refractivity contribution in [2.75, 3.05) is 0 Å². The number of fused-ring (bicyclic) bond motifs is 5. The average molecular weight is 435 g/mol. The molecule has 1 N–H and O–H groups in total.